The van der Waals surface area contributed by atoms with Crippen LogP contribution in [0.2, 0.25) is 0 Å². The van der Waals surface area contributed by atoms with Crippen LogP contribution in [0.4, 0.5) is 0 Å². The van der Waals surface area contributed by atoms with E-state index in [1.54, 1.807) is 0 Å². The van der Waals surface area contributed by atoms with E-state index in [4.69, 9.17) is 0 Å². The van der Waals surface area contributed by atoms with E-state index < -0.39 is 0 Å². The predicted octanol–water partition coefficient (Wildman–Crippen LogP) is 3.86. The minimum atomic E-state index is 0.248. The lowest BCUT2D eigenvalue weighted by molar-refractivity contribution is -0.129. The van der Waals surface area contributed by atoms with Gasteiger partial charge in [-0.25, -0.2) is 0 Å². The average Bonchev–Trinajstić information content (AvgIpc) is 2.34. The molecule has 0 aromatic carbocycles. The Hall–Kier alpha value is -0.530. The Morgan fingerprint density at radius 2 is 1.94 bits per heavy atom. The van der Waals surface area contributed by atoms with Gasteiger partial charge in [0.1, 0.15) is 0 Å². The van der Waals surface area contributed by atoms with E-state index in [1.165, 1.54) is 12.8 Å². The molecular weight excluding hydrogens is 222 g/mol. The van der Waals surface area contributed by atoms with E-state index >= 15 is 0 Å². The number of carbonyl (C=O) groups is 1. The maximum Gasteiger partial charge on any atom is 0.223 e. The van der Waals surface area contributed by atoms with Crippen molar-refractivity contribution in [1.82, 2.24) is 5.32 Å². The lowest BCUT2D eigenvalue weighted by atomic mass is 9.70. The second kappa shape index (κ2) is 7.16. The lowest BCUT2D eigenvalue weighted by Gasteiger charge is -2.36. The fourth-order valence-corrected chi connectivity index (χ4v) is 3.05. The van der Waals surface area contributed by atoms with Crippen LogP contribution in [0.5, 0.6) is 0 Å². The van der Waals surface area contributed by atoms with Crippen molar-refractivity contribution >= 4 is 5.91 Å². The van der Waals surface area contributed by atoms with Gasteiger partial charge in [0.25, 0.3) is 0 Å². The minimum absolute atomic E-state index is 0.248. The number of hydrogen-bond acceptors (Lipinski definition) is 1. The molecule has 1 fully saturated rings. The zero-order valence-electron chi connectivity index (χ0n) is 12.8. The van der Waals surface area contributed by atoms with Crippen LogP contribution >= 0.6 is 0 Å². The van der Waals surface area contributed by atoms with Gasteiger partial charge in [-0.2, -0.15) is 0 Å². The molecule has 4 unspecified atom stereocenters. The molecule has 0 bridgehead atoms. The van der Waals surface area contributed by atoms with E-state index in [0.717, 1.165) is 19.4 Å². The van der Waals surface area contributed by atoms with Crippen LogP contribution < -0.4 is 5.32 Å². The van der Waals surface area contributed by atoms with Crippen molar-refractivity contribution in [3.05, 3.63) is 0 Å². The van der Waals surface area contributed by atoms with Crippen molar-refractivity contribution < 1.29 is 4.79 Å². The van der Waals surface area contributed by atoms with Gasteiger partial charge in [0, 0.05) is 12.5 Å². The molecule has 1 aliphatic carbocycles. The molecule has 0 aromatic heterocycles. The Morgan fingerprint density at radius 3 is 2.50 bits per heavy atom. The minimum Gasteiger partial charge on any atom is -0.356 e. The zero-order chi connectivity index (χ0) is 13.7. The van der Waals surface area contributed by atoms with E-state index in [9.17, 15) is 4.79 Å². The van der Waals surface area contributed by atoms with E-state index in [2.05, 4.69) is 39.9 Å². The summed E-state index contributed by atoms with van der Waals surface area (Å²) in [4.78, 5) is 12.4. The molecule has 18 heavy (non-hydrogen) atoms. The maximum atomic E-state index is 12.4. The van der Waals surface area contributed by atoms with Gasteiger partial charge >= 0.3 is 0 Å². The van der Waals surface area contributed by atoms with Crippen molar-refractivity contribution in [2.24, 2.45) is 29.6 Å². The predicted molar refractivity (Wildman–Crippen MR) is 77.3 cm³/mol. The van der Waals surface area contributed by atoms with Crippen molar-refractivity contribution in [1.29, 1.82) is 0 Å². The van der Waals surface area contributed by atoms with E-state index in [1.807, 2.05) is 0 Å². The first kappa shape index (κ1) is 15.5. The summed E-state index contributed by atoms with van der Waals surface area (Å²) in [6.07, 6.45) is 4.72. The van der Waals surface area contributed by atoms with Crippen molar-refractivity contribution in [3.8, 4) is 0 Å². The fourth-order valence-electron chi connectivity index (χ4n) is 3.05. The molecule has 1 N–H and O–H groups in total. The number of carbonyl (C=O) groups excluding carboxylic acids is 1. The van der Waals surface area contributed by atoms with Crippen LogP contribution in [0, 0.1) is 29.6 Å². The first-order valence-electron chi connectivity index (χ1n) is 7.73. The molecule has 4 atom stereocenters. The topological polar surface area (TPSA) is 29.1 Å². The molecule has 2 heteroatoms. The van der Waals surface area contributed by atoms with Crippen LogP contribution in [0.15, 0.2) is 0 Å². The molecule has 1 amide bonds. The molecule has 0 aromatic rings. The highest BCUT2D eigenvalue weighted by molar-refractivity contribution is 5.79. The Balaban J connectivity index is 2.55. The molecule has 0 heterocycles. The Kier molecular flexibility index (Phi) is 6.17. The number of nitrogens with one attached hydrogen (secondary N) is 1. The second-order valence-electron chi connectivity index (χ2n) is 6.69. The van der Waals surface area contributed by atoms with Crippen LogP contribution in [0.1, 0.15) is 60.3 Å². The SMILES string of the molecule is CCC(C)CNC(=O)C1CC(C)CCC1C(C)C. The van der Waals surface area contributed by atoms with Crippen LogP contribution in [-0.2, 0) is 4.79 Å². The van der Waals surface area contributed by atoms with E-state index in [0.29, 0.717) is 29.6 Å². The van der Waals surface area contributed by atoms with Crippen LogP contribution in [0.25, 0.3) is 0 Å². The monoisotopic (exact) mass is 253 g/mol. The molecule has 0 aliphatic heterocycles. The molecule has 0 spiro atoms. The summed E-state index contributed by atoms with van der Waals surface area (Å²) in [5, 5.41) is 3.17. The number of hydrogen-bond donors (Lipinski definition) is 1. The summed E-state index contributed by atoms with van der Waals surface area (Å²) in [7, 11) is 0. The summed E-state index contributed by atoms with van der Waals surface area (Å²) >= 11 is 0. The van der Waals surface area contributed by atoms with E-state index in [-0.39, 0.29) is 5.92 Å². The van der Waals surface area contributed by atoms with Gasteiger partial charge in [0.05, 0.1) is 0 Å². The molecule has 1 saturated carbocycles. The molecule has 0 saturated heterocycles. The third-order valence-corrected chi connectivity index (χ3v) is 4.68. The Labute approximate surface area is 113 Å². The molecule has 1 aliphatic rings. The van der Waals surface area contributed by atoms with Gasteiger partial charge < -0.3 is 5.32 Å². The third-order valence-electron chi connectivity index (χ3n) is 4.68. The van der Waals surface area contributed by atoms with Gasteiger partial charge in [0.15, 0.2) is 0 Å². The molecule has 2 nitrogen and oxygen atoms in total. The van der Waals surface area contributed by atoms with Crippen LogP contribution in [0.3, 0.4) is 0 Å². The average molecular weight is 253 g/mol. The Bertz CT molecular complexity index is 262. The van der Waals surface area contributed by atoms with Gasteiger partial charge in [-0.15, -0.1) is 0 Å². The van der Waals surface area contributed by atoms with Gasteiger partial charge in [0.2, 0.25) is 5.91 Å². The number of amides is 1. The first-order valence-corrected chi connectivity index (χ1v) is 7.73. The normalized spacial score (nSPS) is 30.2. The third kappa shape index (κ3) is 4.29. The lowest BCUT2D eigenvalue weighted by Crippen LogP contribution is -2.41. The van der Waals surface area contributed by atoms with Crippen molar-refractivity contribution in [2.45, 2.75) is 60.3 Å². The van der Waals surface area contributed by atoms with Gasteiger partial charge in [-0.1, -0.05) is 47.5 Å². The maximum absolute atomic E-state index is 12.4. The molecule has 106 valence electrons. The smallest absolute Gasteiger partial charge is 0.223 e. The molecule has 1 rings (SSSR count). The van der Waals surface area contributed by atoms with Gasteiger partial charge in [-0.05, 0) is 36.5 Å². The van der Waals surface area contributed by atoms with Crippen LogP contribution in [-0.4, -0.2) is 12.5 Å². The largest absolute Gasteiger partial charge is 0.356 e. The molecular formula is C16H31NO. The van der Waals surface area contributed by atoms with Gasteiger partial charge in [-0.3, -0.25) is 4.79 Å². The quantitative estimate of drug-likeness (QED) is 0.792. The summed E-state index contributed by atoms with van der Waals surface area (Å²) in [5.41, 5.74) is 0. The first-order chi connectivity index (χ1) is 8.45. The van der Waals surface area contributed by atoms with Crippen molar-refractivity contribution in [2.75, 3.05) is 6.54 Å². The summed E-state index contributed by atoms with van der Waals surface area (Å²) in [6.45, 7) is 12.0. The Morgan fingerprint density at radius 1 is 1.28 bits per heavy atom. The van der Waals surface area contributed by atoms with Crippen molar-refractivity contribution in [3.63, 3.8) is 0 Å². The second-order valence-corrected chi connectivity index (χ2v) is 6.69. The zero-order valence-corrected chi connectivity index (χ0v) is 12.8. The summed E-state index contributed by atoms with van der Waals surface area (Å²) in [5.74, 6) is 3.06. The highest BCUT2D eigenvalue weighted by atomic mass is 16.1. The standard InChI is InChI=1S/C16H31NO/c1-6-12(4)10-17-16(18)15-9-13(5)7-8-14(15)11(2)3/h11-15H,6-10H2,1-5H3,(H,17,18). The summed E-state index contributed by atoms with van der Waals surface area (Å²) in [6, 6.07) is 0. The fraction of sp³-hybridized carbons (Fsp3) is 0.938. The number of rotatable bonds is 5. The highest BCUT2D eigenvalue weighted by Crippen LogP contribution is 2.38. The highest BCUT2D eigenvalue weighted by Gasteiger charge is 2.35. The molecule has 0 radical (unpaired) electrons. The summed E-state index contributed by atoms with van der Waals surface area (Å²) < 4.78 is 0.